The quantitative estimate of drug-likeness (QED) is 0.647. The number of carboxylic acids is 1. The van der Waals surface area contributed by atoms with Gasteiger partial charge in [0, 0.05) is 17.5 Å². The summed E-state index contributed by atoms with van der Waals surface area (Å²) >= 11 is 1.32. The Bertz CT molecular complexity index is 545. The lowest BCUT2D eigenvalue weighted by Crippen LogP contribution is -2.22. The number of aryl methyl sites for hydroxylation is 1. The first-order valence-corrected chi connectivity index (χ1v) is 7.78. The summed E-state index contributed by atoms with van der Waals surface area (Å²) in [5.74, 6) is -0.972. The van der Waals surface area contributed by atoms with Crippen molar-refractivity contribution < 1.29 is 14.7 Å². The largest absolute Gasteiger partial charge is 0.477 e. The molecule has 108 valence electrons. The van der Waals surface area contributed by atoms with Gasteiger partial charge in [-0.1, -0.05) is 13.3 Å². The SMILES string of the molecule is CCCCNC(=O)C=C1CCCc2sc(C(=O)O)cc21. The summed E-state index contributed by atoms with van der Waals surface area (Å²) in [6.45, 7) is 2.77. The third kappa shape index (κ3) is 3.48. The van der Waals surface area contributed by atoms with E-state index in [9.17, 15) is 9.59 Å². The number of carbonyl (C=O) groups excluding carboxylic acids is 1. The number of carbonyl (C=O) groups is 2. The Labute approximate surface area is 122 Å². The normalized spacial score (nSPS) is 15.9. The number of thiophene rings is 1. The van der Waals surface area contributed by atoms with Crippen LogP contribution in [0.2, 0.25) is 0 Å². The van der Waals surface area contributed by atoms with E-state index in [1.165, 1.54) is 11.3 Å². The first-order valence-electron chi connectivity index (χ1n) is 6.96. The molecule has 2 N–H and O–H groups in total. The van der Waals surface area contributed by atoms with Gasteiger partial charge >= 0.3 is 5.97 Å². The molecule has 0 saturated heterocycles. The zero-order chi connectivity index (χ0) is 14.5. The third-order valence-corrected chi connectivity index (χ3v) is 4.53. The van der Waals surface area contributed by atoms with Crippen LogP contribution in [0.5, 0.6) is 0 Å². The second-order valence-electron chi connectivity index (χ2n) is 4.92. The predicted molar refractivity (Wildman–Crippen MR) is 80.1 cm³/mol. The summed E-state index contributed by atoms with van der Waals surface area (Å²) in [5, 5.41) is 11.9. The summed E-state index contributed by atoms with van der Waals surface area (Å²) in [6.07, 6.45) is 6.37. The van der Waals surface area contributed by atoms with Crippen LogP contribution in [0.4, 0.5) is 0 Å². The van der Waals surface area contributed by atoms with E-state index in [1.807, 2.05) is 0 Å². The first-order chi connectivity index (χ1) is 9.61. The van der Waals surface area contributed by atoms with Crippen LogP contribution < -0.4 is 5.32 Å². The summed E-state index contributed by atoms with van der Waals surface area (Å²) in [7, 11) is 0. The van der Waals surface area contributed by atoms with Crippen molar-refractivity contribution in [3.8, 4) is 0 Å². The van der Waals surface area contributed by atoms with E-state index in [4.69, 9.17) is 5.11 Å². The average molecular weight is 293 g/mol. The number of allylic oxidation sites excluding steroid dienone is 1. The van der Waals surface area contributed by atoms with E-state index >= 15 is 0 Å². The Hall–Kier alpha value is -1.62. The predicted octanol–water partition coefficient (Wildman–Crippen LogP) is 3.08. The zero-order valence-corrected chi connectivity index (χ0v) is 12.4. The van der Waals surface area contributed by atoms with Gasteiger partial charge in [0.2, 0.25) is 5.91 Å². The molecule has 1 aliphatic rings. The minimum atomic E-state index is -0.892. The van der Waals surface area contributed by atoms with Gasteiger partial charge in [0.25, 0.3) is 0 Å². The standard InChI is InChI=1S/C15H19NO3S/c1-2-3-7-16-14(17)8-10-5-4-6-12-11(10)9-13(20-12)15(18)19/h8-9H,2-7H2,1H3,(H,16,17)(H,18,19). The lowest BCUT2D eigenvalue weighted by molar-refractivity contribution is -0.116. The smallest absolute Gasteiger partial charge is 0.345 e. The van der Waals surface area contributed by atoms with Gasteiger partial charge in [-0.3, -0.25) is 4.79 Å². The summed E-state index contributed by atoms with van der Waals surface area (Å²) in [6, 6.07) is 1.70. The van der Waals surface area contributed by atoms with Crippen molar-refractivity contribution in [2.45, 2.75) is 39.0 Å². The van der Waals surface area contributed by atoms with Gasteiger partial charge in [-0.2, -0.15) is 0 Å². The van der Waals surface area contributed by atoms with Crippen LogP contribution in [-0.4, -0.2) is 23.5 Å². The van der Waals surface area contributed by atoms with Crippen LogP contribution in [0.25, 0.3) is 5.57 Å². The maximum atomic E-state index is 11.8. The number of rotatable bonds is 5. The van der Waals surface area contributed by atoms with Gasteiger partial charge in [0.05, 0.1) is 0 Å². The van der Waals surface area contributed by atoms with Gasteiger partial charge in [-0.25, -0.2) is 4.79 Å². The molecule has 1 heterocycles. The van der Waals surface area contributed by atoms with Crippen molar-refractivity contribution in [1.29, 1.82) is 0 Å². The van der Waals surface area contributed by atoms with Crippen molar-refractivity contribution in [3.63, 3.8) is 0 Å². The Morgan fingerprint density at radius 1 is 1.45 bits per heavy atom. The molecule has 0 bridgehead atoms. The summed E-state index contributed by atoms with van der Waals surface area (Å²) in [4.78, 5) is 24.3. The molecule has 20 heavy (non-hydrogen) atoms. The molecule has 2 rings (SSSR count). The van der Waals surface area contributed by atoms with E-state index < -0.39 is 5.97 Å². The van der Waals surface area contributed by atoms with E-state index in [1.54, 1.807) is 12.1 Å². The van der Waals surface area contributed by atoms with Crippen LogP contribution >= 0.6 is 11.3 Å². The molecule has 1 amide bonds. The Kier molecular flexibility index (Phi) is 4.95. The van der Waals surface area contributed by atoms with E-state index in [2.05, 4.69) is 12.2 Å². The van der Waals surface area contributed by atoms with Gasteiger partial charge < -0.3 is 10.4 Å². The van der Waals surface area contributed by atoms with Crippen LogP contribution in [0.3, 0.4) is 0 Å². The molecule has 4 nitrogen and oxygen atoms in total. The molecule has 0 aromatic carbocycles. The van der Waals surface area contributed by atoms with Crippen molar-refractivity contribution in [1.82, 2.24) is 5.32 Å². The molecule has 1 aromatic heterocycles. The lowest BCUT2D eigenvalue weighted by Gasteiger charge is -2.14. The van der Waals surface area contributed by atoms with Gasteiger partial charge in [-0.15, -0.1) is 11.3 Å². The van der Waals surface area contributed by atoms with Crippen LogP contribution in [0.1, 0.15) is 52.7 Å². The number of amides is 1. The topological polar surface area (TPSA) is 66.4 Å². The number of fused-ring (bicyclic) bond motifs is 1. The molecular formula is C15H19NO3S. The fraction of sp³-hybridized carbons (Fsp3) is 0.467. The highest BCUT2D eigenvalue weighted by Gasteiger charge is 2.20. The molecule has 0 fully saturated rings. The minimum absolute atomic E-state index is 0.0793. The molecule has 5 heteroatoms. The first kappa shape index (κ1) is 14.8. The molecule has 1 aliphatic carbocycles. The Morgan fingerprint density at radius 3 is 2.95 bits per heavy atom. The molecule has 0 saturated carbocycles. The number of hydrogen-bond acceptors (Lipinski definition) is 3. The second-order valence-corrected chi connectivity index (χ2v) is 6.06. The van der Waals surface area contributed by atoms with Crippen molar-refractivity contribution in [3.05, 3.63) is 27.5 Å². The van der Waals surface area contributed by atoms with Crippen LogP contribution in [0.15, 0.2) is 12.1 Å². The van der Waals surface area contributed by atoms with Crippen molar-refractivity contribution >= 4 is 28.8 Å². The van der Waals surface area contributed by atoms with Crippen molar-refractivity contribution in [2.75, 3.05) is 6.54 Å². The van der Waals surface area contributed by atoms with Gasteiger partial charge in [0.1, 0.15) is 4.88 Å². The number of aromatic carboxylic acids is 1. The highest BCUT2D eigenvalue weighted by Crippen LogP contribution is 2.36. The van der Waals surface area contributed by atoms with E-state index in [0.717, 1.165) is 48.1 Å². The average Bonchev–Trinajstić information content (AvgIpc) is 2.84. The zero-order valence-electron chi connectivity index (χ0n) is 11.6. The third-order valence-electron chi connectivity index (χ3n) is 3.35. The maximum Gasteiger partial charge on any atom is 0.345 e. The van der Waals surface area contributed by atoms with Crippen molar-refractivity contribution in [2.24, 2.45) is 0 Å². The Balaban J connectivity index is 2.15. The number of carboxylic acid groups (broad SMARTS) is 1. The second kappa shape index (κ2) is 6.70. The number of unbranched alkanes of at least 4 members (excludes halogenated alkanes) is 1. The molecule has 0 unspecified atom stereocenters. The highest BCUT2D eigenvalue weighted by molar-refractivity contribution is 7.14. The van der Waals surface area contributed by atoms with Crippen LogP contribution in [0, 0.1) is 0 Å². The lowest BCUT2D eigenvalue weighted by atomic mass is 9.93. The number of nitrogens with one attached hydrogen (secondary N) is 1. The molecule has 0 atom stereocenters. The van der Waals surface area contributed by atoms with E-state index in [0.29, 0.717) is 11.4 Å². The molecule has 1 aromatic rings. The minimum Gasteiger partial charge on any atom is -0.477 e. The highest BCUT2D eigenvalue weighted by atomic mass is 32.1. The summed E-state index contributed by atoms with van der Waals surface area (Å²) in [5.41, 5.74) is 1.91. The van der Waals surface area contributed by atoms with Gasteiger partial charge in [0.15, 0.2) is 0 Å². The molecule has 0 radical (unpaired) electrons. The maximum absolute atomic E-state index is 11.8. The van der Waals surface area contributed by atoms with Gasteiger partial charge in [-0.05, 0) is 42.9 Å². The fourth-order valence-electron chi connectivity index (χ4n) is 2.31. The number of hydrogen-bond donors (Lipinski definition) is 2. The summed E-state index contributed by atoms with van der Waals surface area (Å²) < 4.78 is 0. The van der Waals surface area contributed by atoms with Crippen LogP contribution in [-0.2, 0) is 11.2 Å². The molecule has 0 spiro atoms. The monoisotopic (exact) mass is 293 g/mol. The molecular weight excluding hydrogens is 274 g/mol. The molecule has 0 aliphatic heterocycles. The Morgan fingerprint density at radius 2 is 2.25 bits per heavy atom. The van der Waals surface area contributed by atoms with E-state index in [-0.39, 0.29) is 5.91 Å². The fourth-order valence-corrected chi connectivity index (χ4v) is 3.39.